The highest BCUT2D eigenvalue weighted by Crippen LogP contribution is 2.15. The molecule has 0 spiro atoms. The maximum Gasteiger partial charge on any atom is 0.313 e. The van der Waals surface area contributed by atoms with Crippen LogP contribution >= 0.6 is 11.6 Å². The van der Waals surface area contributed by atoms with Crippen LogP contribution < -0.4 is 5.32 Å². The number of hydrogen-bond donors (Lipinski definition) is 1. The molecule has 1 fully saturated rings. The van der Waals surface area contributed by atoms with Crippen molar-refractivity contribution < 1.29 is 9.59 Å². The normalized spacial score (nSPS) is 14.8. The predicted molar refractivity (Wildman–Crippen MR) is 65.9 cm³/mol. The summed E-state index contributed by atoms with van der Waals surface area (Å²) in [6, 6.07) is 6.73. The van der Waals surface area contributed by atoms with Crippen molar-refractivity contribution in [1.29, 1.82) is 0 Å². The Kier molecular flexibility index (Phi) is 3.64. The van der Waals surface area contributed by atoms with Gasteiger partial charge in [-0.05, 0) is 31.0 Å². The molecule has 5 heteroatoms. The van der Waals surface area contributed by atoms with Crippen LogP contribution in [0.1, 0.15) is 12.8 Å². The zero-order chi connectivity index (χ0) is 12.3. The number of anilines is 1. The van der Waals surface area contributed by atoms with E-state index in [0.29, 0.717) is 23.8 Å². The lowest BCUT2D eigenvalue weighted by Gasteiger charge is -2.14. The molecule has 17 heavy (non-hydrogen) atoms. The van der Waals surface area contributed by atoms with E-state index < -0.39 is 11.8 Å². The van der Waals surface area contributed by atoms with E-state index in [1.54, 1.807) is 29.2 Å². The Morgan fingerprint density at radius 2 is 1.94 bits per heavy atom. The molecule has 1 aliphatic rings. The third kappa shape index (κ3) is 2.97. The monoisotopic (exact) mass is 252 g/mol. The molecule has 1 aliphatic heterocycles. The Hall–Kier alpha value is -1.55. The van der Waals surface area contributed by atoms with Gasteiger partial charge in [-0.1, -0.05) is 17.7 Å². The van der Waals surface area contributed by atoms with Gasteiger partial charge in [-0.2, -0.15) is 0 Å². The number of rotatable bonds is 1. The summed E-state index contributed by atoms with van der Waals surface area (Å²) in [5.41, 5.74) is 0.537. The van der Waals surface area contributed by atoms with Gasteiger partial charge < -0.3 is 10.2 Å². The molecule has 1 saturated heterocycles. The fraction of sp³-hybridized carbons (Fsp3) is 0.333. The number of amides is 2. The molecule has 0 aromatic heterocycles. The van der Waals surface area contributed by atoms with Crippen LogP contribution in [0.5, 0.6) is 0 Å². The fourth-order valence-corrected chi connectivity index (χ4v) is 2.00. The molecular formula is C12H13ClN2O2. The Morgan fingerprint density at radius 1 is 1.24 bits per heavy atom. The first kappa shape index (κ1) is 11.9. The summed E-state index contributed by atoms with van der Waals surface area (Å²) in [5, 5.41) is 3.07. The molecule has 1 N–H and O–H groups in total. The molecule has 0 unspecified atom stereocenters. The minimum atomic E-state index is -0.603. The number of carbonyl (C=O) groups is 2. The van der Waals surface area contributed by atoms with Crippen LogP contribution in [0, 0.1) is 0 Å². The molecule has 0 bridgehead atoms. The van der Waals surface area contributed by atoms with Gasteiger partial charge in [0.25, 0.3) is 0 Å². The highest BCUT2D eigenvalue weighted by molar-refractivity contribution is 6.39. The zero-order valence-corrected chi connectivity index (χ0v) is 10.0. The van der Waals surface area contributed by atoms with Crippen LogP contribution in [0.4, 0.5) is 5.69 Å². The van der Waals surface area contributed by atoms with Gasteiger partial charge in [-0.3, -0.25) is 9.59 Å². The van der Waals surface area contributed by atoms with Crippen molar-refractivity contribution in [1.82, 2.24) is 4.90 Å². The number of likely N-dealkylation sites (tertiary alicyclic amines) is 1. The maximum absolute atomic E-state index is 11.7. The average Bonchev–Trinajstić information content (AvgIpc) is 2.81. The minimum absolute atomic E-state index is 0.470. The zero-order valence-electron chi connectivity index (χ0n) is 9.28. The number of halogens is 1. The van der Waals surface area contributed by atoms with Gasteiger partial charge in [-0.25, -0.2) is 0 Å². The lowest BCUT2D eigenvalue weighted by atomic mass is 10.3. The standard InChI is InChI=1S/C12H13ClN2O2/c13-9-4-3-5-10(8-9)14-11(16)12(17)15-6-1-2-7-15/h3-5,8H,1-2,6-7H2,(H,14,16). The quantitative estimate of drug-likeness (QED) is 0.776. The van der Waals surface area contributed by atoms with E-state index in [1.807, 2.05) is 0 Å². The predicted octanol–water partition coefficient (Wildman–Crippen LogP) is 1.90. The van der Waals surface area contributed by atoms with Crippen molar-refractivity contribution in [3.05, 3.63) is 29.3 Å². The number of nitrogens with zero attached hydrogens (tertiary/aromatic N) is 1. The molecule has 1 aromatic carbocycles. The SMILES string of the molecule is O=C(Nc1cccc(Cl)c1)C(=O)N1CCCC1. The third-order valence-corrected chi connectivity index (χ3v) is 2.91. The van der Waals surface area contributed by atoms with Crippen molar-refractivity contribution in [2.45, 2.75) is 12.8 Å². The second-order valence-electron chi connectivity index (χ2n) is 3.96. The molecule has 1 aromatic rings. The average molecular weight is 253 g/mol. The van der Waals surface area contributed by atoms with Gasteiger partial charge >= 0.3 is 11.8 Å². The summed E-state index contributed by atoms with van der Waals surface area (Å²) in [6.07, 6.45) is 1.94. The van der Waals surface area contributed by atoms with Crippen molar-refractivity contribution in [3.8, 4) is 0 Å². The Bertz CT molecular complexity index is 442. The third-order valence-electron chi connectivity index (χ3n) is 2.67. The van der Waals surface area contributed by atoms with Crippen LogP contribution in [0.3, 0.4) is 0 Å². The molecule has 2 rings (SSSR count). The van der Waals surface area contributed by atoms with E-state index in [9.17, 15) is 9.59 Å². The Labute approximate surface area is 105 Å². The molecule has 0 radical (unpaired) electrons. The summed E-state index contributed by atoms with van der Waals surface area (Å²) >= 11 is 5.79. The van der Waals surface area contributed by atoms with E-state index in [1.165, 1.54) is 0 Å². The number of carbonyl (C=O) groups excluding carboxylic acids is 2. The van der Waals surface area contributed by atoms with E-state index >= 15 is 0 Å². The highest BCUT2D eigenvalue weighted by atomic mass is 35.5. The van der Waals surface area contributed by atoms with Gasteiger partial charge in [0.15, 0.2) is 0 Å². The summed E-state index contributed by atoms with van der Waals surface area (Å²) in [7, 11) is 0. The van der Waals surface area contributed by atoms with Gasteiger partial charge in [0.1, 0.15) is 0 Å². The fourth-order valence-electron chi connectivity index (χ4n) is 1.81. The van der Waals surface area contributed by atoms with Gasteiger partial charge in [0.2, 0.25) is 0 Å². The molecule has 2 amide bonds. The summed E-state index contributed by atoms with van der Waals surface area (Å²) in [5.74, 6) is -1.07. The van der Waals surface area contributed by atoms with E-state index in [2.05, 4.69) is 5.32 Å². The molecule has 0 atom stereocenters. The first-order valence-electron chi connectivity index (χ1n) is 5.52. The van der Waals surface area contributed by atoms with Crippen molar-refractivity contribution >= 4 is 29.1 Å². The number of nitrogens with one attached hydrogen (secondary N) is 1. The largest absolute Gasteiger partial charge is 0.334 e. The summed E-state index contributed by atoms with van der Waals surface area (Å²) < 4.78 is 0. The lowest BCUT2D eigenvalue weighted by Crippen LogP contribution is -2.37. The second-order valence-corrected chi connectivity index (χ2v) is 4.40. The van der Waals surface area contributed by atoms with Gasteiger partial charge in [0.05, 0.1) is 0 Å². The van der Waals surface area contributed by atoms with Crippen LogP contribution in [-0.4, -0.2) is 29.8 Å². The van der Waals surface area contributed by atoms with Crippen LogP contribution in [-0.2, 0) is 9.59 Å². The summed E-state index contributed by atoms with van der Waals surface area (Å²) in [4.78, 5) is 25.0. The molecular weight excluding hydrogens is 240 g/mol. The second kappa shape index (κ2) is 5.19. The van der Waals surface area contributed by atoms with Crippen molar-refractivity contribution in [3.63, 3.8) is 0 Å². The molecule has 1 heterocycles. The first-order chi connectivity index (χ1) is 8.16. The Morgan fingerprint density at radius 3 is 2.59 bits per heavy atom. The molecule has 0 aliphatic carbocycles. The lowest BCUT2D eigenvalue weighted by molar-refractivity contribution is -0.142. The summed E-state index contributed by atoms with van der Waals surface area (Å²) in [6.45, 7) is 1.34. The van der Waals surface area contributed by atoms with Gasteiger partial charge in [0, 0.05) is 23.8 Å². The van der Waals surface area contributed by atoms with E-state index in [0.717, 1.165) is 12.8 Å². The Balaban J connectivity index is 1.99. The molecule has 90 valence electrons. The van der Waals surface area contributed by atoms with Crippen molar-refractivity contribution in [2.24, 2.45) is 0 Å². The first-order valence-corrected chi connectivity index (χ1v) is 5.90. The van der Waals surface area contributed by atoms with Crippen molar-refractivity contribution in [2.75, 3.05) is 18.4 Å². The van der Waals surface area contributed by atoms with Crippen LogP contribution in [0.2, 0.25) is 5.02 Å². The van der Waals surface area contributed by atoms with Gasteiger partial charge in [-0.15, -0.1) is 0 Å². The van der Waals surface area contributed by atoms with Crippen LogP contribution in [0.15, 0.2) is 24.3 Å². The minimum Gasteiger partial charge on any atom is -0.334 e. The number of hydrogen-bond acceptors (Lipinski definition) is 2. The molecule has 4 nitrogen and oxygen atoms in total. The highest BCUT2D eigenvalue weighted by Gasteiger charge is 2.24. The van der Waals surface area contributed by atoms with E-state index in [4.69, 9.17) is 11.6 Å². The van der Waals surface area contributed by atoms with Crippen LogP contribution in [0.25, 0.3) is 0 Å². The maximum atomic E-state index is 11.7. The molecule has 0 saturated carbocycles. The topological polar surface area (TPSA) is 49.4 Å². The number of benzene rings is 1. The van der Waals surface area contributed by atoms with E-state index in [-0.39, 0.29) is 0 Å². The smallest absolute Gasteiger partial charge is 0.313 e.